The predicted molar refractivity (Wildman–Crippen MR) is 154 cm³/mol. The molecule has 1 saturated heterocycles. The Morgan fingerprint density at radius 3 is 1.69 bits per heavy atom. The van der Waals surface area contributed by atoms with Crippen LogP contribution in [0, 0.1) is 22.5 Å². The number of thiol groups is 1. The second-order valence-corrected chi connectivity index (χ2v) is 12.0. The first-order valence-electron chi connectivity index (χ1n) is 14.0. The number of rotatable bonds is 12. The Morgan fingerprint density at radius 1 is 0.897 bits per heavy atom. The van der Waals surface area contributed by atoms with E-state index in [2.05, 4.69) is 26.5 Å². The number of halogens is 2. The van der Waals surface area contributed by atoms with Crippen LogP contribution in [0.15, 0.2) is 48.5 Å². The molecule has 39 heavy (non-hydrogen) atoms. The summed E-state index contributed by atoms with van der Waals surface area (Å²) in [6, 6.07) is 12.0. The Morgan fingerprint density at radius 2 is 1.33 bits per heavy atom. The van der Waals surface area contributed by atoms with Gasteiger partial charge in [-0.2, -0.15) is 0 Å². The number of amides is 1. The maximum Gasteiger partial charge on any atom is 0.291 e. The molecule has 1 amide bonds. The van der Waals surface area contributed by atoms with E-state index in [-0.39, 0.29) is 30.0 Å². The zero-order valence-corrected chi connectivity index (χ0v) is 24.6. The van der Waals surface area contributed by atoms with E-state index in [1.807, 2.05) is 6.92 Å². The van der Waals surface area contributed by atoms with Crippen LogP contribution in [-0.2, 0) is 14.4 Å². The second-order valence-electron chi connectivity index (χ2n) is 11.6. The van der Waals surface area contributed by atoms with Crippen LogP contribution in [0.4, 0.5) is 8.78 Å². The van der Waals surface area contributed by atoms with Gasteiger partial charge in [0.05, 0.1) is 0 Å². The van der Waals surface area contributed by atoms with Crippen molar-refractivity contribution in [3.63, 3.8) is 0 Å². The van der Waals surface area contributed by atoms with Crippen LogP contribution in [0.25, 0.3) is 0 Å². The number of hydrogen-bond acceptors (Lipinski definition) is 3. The van der Waals surface area contributed by atoms with E-state index in [1.165, 1.54) is 29.2 Å². The van der Waals surface area contributed by atoms with Gasteiger partial charge in [-0.1, -0.05) is 71.7 Å². The molecule has 0 aliphatic carbocycles. The topological polar surface area (TPSA) is 54.5 Å². The van der Waals surface area contributed by atoms with Crippen molar-refractivity contribution >= 4 is 29.4 Å². The molecular weight excluding hydrogens is 516 g/mol. The minimum Gasteiger partial charge on any atom is -0.325 e. The molecule has 3 rings (SSSR count). The fraction of sp³-hybridized carbons (Fsp3) is 0.531. The third-order valence-corrected chi connectivity index (χ3v) is 9.04. The molecule has 0 aromatic heterocycles. The van der Waals surface area contributed by atoms with Crippen molar-refractivity contribution in [2.24, 2.45) is 10.8 Å². The van der Waals surface area contributed by atoms with Crippen LogP contribution in [0.1, 0.15) is 96.1 Å². The largest absolute Gasteiger partial charge is 0.325 e. The third kappa shape index (κ3) is 6.45. The molecule has 1 aliphatic heterocycles. The minimum absolute atomic E-state index is 0.146. The molecule has 1 aliphatic rings. The van der Waals surface area contributed by atoms with Gasteiger partial charge in [0.15, 0.2) is 0 Å². The molecule has 0 saturated carbocycles. The smallest absolute Gasteiger partial charge is 0.291 e. The highest BCUT2D eigenvalue weighted by molar-refractivity contribution is 7.96. The average Bonchev–Trinajstić information content (AvgIpc) is 3.32. The molecular formula is C32H41F2NO3S. The van der Waals surface area contributed by atoms with Crippen LogP contribution < -0.4 is 0 Å². The maximum absolute atomic E-state index is 14.0. The summed E-state index contributed by atoms with van der Waals surface area (Å²) < 4.78 is 28.0. The number of nitrogens with zero attached hydrogens (tertiary/aromatic N) is 1. The highest BCUT2D eigenvalue weighted by Gasteiger charge is 2.57. The van der Waals surface area contributed by atoms with Gasteiger partial charge in [-0.15, -0.1) is 12.6 Å². The molecule has 2 aromatic carbocycles. The monoisotopic (exact) mass is 557 g/mol. The van der Waals surface area contributed by atoms with Crippen molar-refractivity contribution < 1.29 is 23.2 Å². The summed E-state index contributed by atoms with van der Waals surface area (Å²) >= 11 is 4.19. The summed E-state index contributed by atoms with van der Waals surface area (Å²) in [6.45, 7) is 9.67. The predicted octanol–water partition coefficient (Wildman–Crippen LogP) is 7.48. The lowest BCUT2D eigenvalue weighted by Crippen LogP contribution is -2.47. The van der Waals surface area contributed by atoms with E-state index in [1.54, 1.807) is 38.1 Å². The molecule has 2 aromatic rings. The third-order valence-electron chi connectivity index (χ3n) is 8.74. The molecule has 3 unspecified atom stereocenters. The van der Waals surface area contributed by atoms with E-state index in [4.69, 9.17) is 0 Å². The van der Waals surface area contributed by atoms with Gasteiger partial charge in [0, 0.05) is 17.4 Å². The standard InChI is InChI=1S/C32H41F2NO3S/c1-6-9-25(21-11-15-23(33)16-12-21)32(26(10-7-2)22-13-17-24(34)18-14-22)19-27(30(38)39)35(20-32)29(37)28(36)31(4,5)8-3/h11-18,25-27H,6-10,19-20H2,1-5H3,(H,38,39). The zero-order chi connectivity index (χ0) is 29.0. The van der Waals surface area contributed by atoms with Crippen LogP contribution in [0.5, 0.6) is 0 Å². The van der Waals surface area contributed by atoms with Crippen LogP contribution >= 0.6 is 12.6 Å². The molecule has 7 heteroatoms. The van der Waals surface area contributed by atoms with Gasteiger partial charge in [0.2, 0.25) is 10.9 Å². The van der Waals surface area contributed by atoms with Crippen molar-refractivity contribution in [1.29, 1.82) is 0 Å². The normalized spacial score (nSPS) is 21.0. The van der Waals surface area contributed by atoms with Gasteiger partial charge < -0.3 is 4.90 Å². The van der Waals surface area contributed by atoms with Gasteiger partial charge in [-0.25, -0.2) is 8.78 Å². The van der Waals surface area contributed by atoms with E-state index in [0.29, 0.717) is 12.8 Å². The lowest BCUT2D eigenvalue weighted by Gasteiger charge is -2.45. The molecule has 1 heterocycles. The van der Waals surface area contributed by atoms with Gasteiger partial charge in [0.25, 0.3) is 5.91 Å². The highest BCUT2D eigenvalue weighted by Crippen LogP contribution is 2.58. The summed E-state index contributed by atoms with van der Waals surface area (Å²) in [5.41, 5.74) is 0.297. The summed E-state index contributed by atoms with van der Waals surface area (Å²) in [5.74, 6) is -2.17. The Balaban J connectivity index is 2.26. The Hall–Kier alpha value is -2.54. The highest BCUT2D eigenvalue weighted by atomic mass is 32.1. The van der Waals surface area contributed by atoms with Gasteiger partial charge in [-0.05, 0) is 72.9 Å². The van der Waals surface area contributed by atoms with Crippen LogP contribution in [0.2, 0.25) is 0 Å². The Labute approximate surface area is 237 Å². The molecule has 4 nitrogen and oxygen atoms in total. The van der Waals surface area contributed by atoms with E-state index < -0.39 is 33.7 Å². The van der Waals surface area contributed by atoms with E-state index in [0.717, 1.165) is 36.8 Å². The lowest BCUT2D eigenvalue weighted by molar-refractivity contribution is -0.150. The average molecular weight is 558 g/mol. The van der Waals surface area contributed by atoms with Gasteiger partial charge in [0.1, 0.15) is 17.7 Å². The number of likely N-dealkylation sites (tertiary alicyclic amines) is 1. The van der Waals surface area contributed by atoms with Crippen molar-refractivity contribution in [2.75, 3.05) is 6.54 Å². The van der Waals surface area contributed by atoms with Crippen molar-refractivity contribution in [3.8, 4) is 0 Å². The second kappa shape index (κ2) is 12.8. The van der Waals surface area contributed by atoms with Crippen molar-refractivity contribution in [1.82, 2.24) is 4.90 Å². The summed E-state index contributed by atoms with van der Waals surface area (Å²) in [4.78, 5) is 41.5. The Kier molecular flexibility index (Phi) is 10.1. The molecule has 0 radical (unpaired) electrons. The first-order chi connectivity index (χ1) is 18.4. The van der Waals surface area contributed by atoms with Crippen LogP contribution in [0.3, 0.4) is 0 Å². The number of carbonyl (C=O) groups excluding carboxylic acids is 3. The van der Waals surface area contributed by atoms with Crippen molar-refractivity contribution in [2.45, 2.75) is 91.0 Å². The number of ketones is 1. The summed E-state index contributed by atoms with van der Waals surface area (Å²) in [6.07, 6.45) is 3.90. The van der Waals surface area contributed by atoms with E-state index in [9.17, 15) is 23.2 Å². The number of benzene rings is 2. The first-order valence-corrected chi connectivity index (χ1v) is 14.5. The zero-order valence-electron chi connectivity index (χ0n) is 23.7. The molecule has 3 atom stereocenters. The van der Waals surface area contributed by atoms with Crippen molar-refractivity contribution in [3.05, 3.63) is 71.3 Å². The molecule has 0 bridgehead atoms. The SMILES string of the molecule is CCCC(c1ccc(F)cc1)C1(C(CCC)c2ccc(F)cc2)CC(C(=O)S)N(C(=O)C(=O)C(C)(C)CC)C1. The molecule has 212 valence electrons. The summed E-state index contributed by atoms with van der Waals surface area (Å²) in [7, 11) is 0. The fourth-order valence-electron chi connectivity index (χ4n) is 6.26. The molecule has 1 fully saturated rings. The molecule has 0 spiro atoms. The molecule has 0 N–H and O–H groups in total. The number of Topliss-reactive ketones (excluding diaryl/α,β-unsaturated/α-hetero) is 1. The van der Waals surface area contributed by atoms with Crippen LogP contribution in [-0.4, -0.2) is 34.3 Å². The van der Waals surface area contributed by atoms with Gasteiger partial charge >= 0.3 is 0 Å². The number of hydrogen-bond donors (Lipinski definition) is 1. The summed E-state index contributed by atoms with van der Waals surface area (Å²) in [5, 5.41) is -0.462. The minimum atomic E-state index is -0.878. The van der Waals surface area contributed by atoms with Gasteiger partial charge in [-0.3, -0.25) is 14.4 Å². The fourth-order valence-corrected chi connectivity index (χ4v) is 6.49. The lowest BCUT2D eigenvalue weighted by atomic mass is 9.59. The van der Waals surface area contributed by atoms with E-state index >= 15 is 0 Å². The quantitative estimate of drug-likeness (QED) is 0.217. The maximum atomic E-state index is 14.0. The number of carbonyl (C=O) groups is 3. The Bertz CT molecular complexity index is 1110. The first kappa shape index (κ1) is 31.0.